The molecule has 2 aromatic rings. The maximum atomic E-state index is 10.8. The maximum Gasteiger partial charge on any atom is 0.108 e. The predicted molar refractivity (Wildman–Crippen MR) is 53.3 cm³/mol. The molecule has 0 spiro atoms. The van der Waals surface area contributed by atoms with E-state index in [1.165, 1.54) is 0 Å². The van der Waals surface area contributed by atoms with Crippen LogP contribution in [0, 0.1) is 0 Å². The van der Waals surface area contributed by atoms with Gasteiger partial charge in [0.2, 0.25) is 0 Å². The van der Waals surface area contributed by atoms with Gasteiger partial charge in [-0.1, -0.05) is 35.9 Å². The fraction of sp³-hybridized carbons (Fsp3) is 0.0909. The van der Waals surface area contributed by atoms with E-state index < -0.39 is 0 Å². The third kappa shape index (κ3) is 1.53. The van der Waals surface area contributed by atoms with Crippen LogP contribution in [0.2, 0.25) is 5.02 Å². The van der Waals surface area contributed by atoms with E-state index in [9.17, 15) is 5.11 Å². The molecule has 0 saturated heterocycles. The smallest absolute Gasteiger partial charge is 0.108 e. The first-order valence-corrected chi connectivity index (χ1v) is 4.44. The van der Waals surface area contributed by atoms with Crippen molar-refractivity contribution in [2.24, 2.45) is 0 Å². The highest BCUT2D eigenvalue weighted by atomic mass is 35.5. The van der Waals surface area contributed by atoms with Gasteiger partial charge < -0.3 is 0 Å². The molecule has 0 saturated carbocycles. The monoisotopic (exact) mass is 191 g/mol. The third-order valence-electron chi connectivity index (χ3n) is 2.09. The first kappa shape index (κ1) is 8.54. The van der Waals surface area contributed by atoms with Crippen LogP contribution in [0.25, 0.3) is 10.8 Å². The molecule has 2 rings (SSSR count). The number of hydrogen-bond donors (Lipinski definition) is 0. The van der Waals surface area contributed by atoms with Crippen LogP contribution in [0.4, 0.5) is 0 Å². The number of benzene rings is 2. The normalized spacial score (nSPS) is 10.6. The predicted octanol–water partition coefficient (Wildman–Crippen LogP) is 3.42. The van der Waals surface area contributed by atoms with E-state index in [0.29, 0.717) is 5.02 Å². The summed E-state index contributed by atoms with van der Waals surface area (Å²) in [6.07, 6.45) is 0. The molecule has 1 radical (unpaired) electrons. The minimum Gasteiger partial charge on any atom is -0.232 e. The highest BCUT2D eigenvalue weighted by molar-refractivity contribution is 6.31. The van der Waals surface area contributed by atoms with Gasteiger partial charge in [0.05, 0.1) is 0 Å². The average Bonchev–Trinajstić information content (AvgIpc) is 2.16. The Morgan fingerprint density at radius 3 is 2.77 bits per heavy atom. The van der Waals surface area contributed by atoms with Gasteiger partial charge in [-0.05, 0) is 28.5 Å². The lowest BCUT2D eigenvalue weighted by Crippen LogP contribution is -1.83. The molecule has 0 heterocycles. The summed E-state index contributed by atoms with van der Waals surface area (Å²) in [4.78, 5) is 0. The van der Waals surface area contributed by atoms with Crippen LogP contribution in [0.3, 0.4) is 0 Å². The second-order valence-electron chi connectivity index (χ2n) is 2.93. The van der Waals surface area contributed by atoms with Gasteiger partial charge in [-0.15, -0.1) is 0 Å². The molecule has 0 fully saturated rings. The summed E-state index contributed by atoms with van der Waals surface area (Å²) in [7, 11) is 0. The van der Waals surface area contributed by atoms with Gasteiger partial charge in [-0.2, -0.15) is 0 Å². The second-order valence-corrected chi connectivity index (χ2v) is 3.36. The summed E-state index contributed by atoms with van der Waals surface area (Å²) >= 11 is 5.84. The third-order valence-corrected chi connectivity index (χ3v) is 2.32. The van der Waals surface area contributed by atoms with Crippen LogP contribution in [0.1, 0.15) is 5.56 Å². The summed E-state index contributed by atoms with van der Waals surface area (Å²) < 4.78 is 0. The van der Waals surface area contributed by atoms with Gasteiger partial charge >= 0.3 is 0 Å². The lowest BCUT2D eigenvalue weighted by atomic mass is 10.1. The van der Waals surface area contributed by atoms with E-state index in [4.69, 9.17) is 11.6 Å². The molecule has 0 aromatic heterocycles. The minimum absolute atomic E-state index is 0.182. The molecule has 65 valence electrons. The number of fused-ring (bicyclic) bond motifs is 1. The molecule has 0 aliphatic heterocycles. The van der Waals surface area contributed by atoms with Crippen LogP contribution < -0.4 is 0 Å². The van der Waals surface area contributed by atoms with Crippen LogP contribution >= 0.6 is 11.6 Å². The fourth-order valence-corrected chi connectivity index (χ4v) is 1.63. The van der Waals surface area contributed by atoms with E-state index in [2.05, 4.69) is 0 Å². The SMILES string of the molecule is [O]Cc1cccc2cc(Cl)ccc12. The summed E-state index contributed by atoms with van der Waals surface area (Å²) in [6, 6.07) is 11.3. The zero-order chi connectivity index (χ0) is 9.26. The molecule has 1 nitrogen and oxygen atoms in total. The molecule has 0 atom stereocenters. The lowest BCUT2D eigenvalue weighted by molar-refractivity contribution is 0.179. The topological polar surface area (TPSA) is 19.9 Å². The van der Waals surface area contributed by atoms with Gasteiger partial charge in [0.15, 0.2) is 0 Å². The molecule has 0 unspecified atom stereocenters. The van der Waals surface area contributed by atoms with E-state index >= 15 is 0 Å². The van der Waals surface area contributed by atoms with Gasteiger partial charge in [-0.25, -0.2) is 5.11 Å². The quantitative estimate of drug-likeness (QED) is 0.658. The van der Waals surface area contributed by atoms with Gasteiger partial charge in [0.25, 0.3) is 0 Å². The molecular formula is C11H8ClO. The Balaban J connectivity index is 2.77. The summed E-state index contributed by atoms with van der Waals surface area (Å²) in [5, 5.41) is 13.5. The molecule has 0 bridgehead atoms. The number of hydrogen-bond acceptors (Lipinski definition) is 0. The highest BCUT2D eigenvalue weighted by Gasteiger charge is 1.99. The summed E-state index contributed by atoms with van der Waals surface area (Å²) in [5.74, 6) is 0. The van der Waals surface area contributed by atoms with Crippen molar-refractivity contribution in [3.05, 3.63) is 47.0 Å². The molecular weight excluding hydrogens is 184 g/mol. The largest absolute Gasteiger partial charge is 0.232 e. The van der Waals surface area contributed by atoms with Crippen LogP contribution in [0.5, 0.6) is 0 Å². The fourth-order valence-electron chi connectivity index (χ4n) is 1.45. The molecule has 0 amide bonds. The van der Waals surface area contributed by atoms with Gasteiger partial charge in [-0.3, -0.25) is 0 Å². The van der Waals surface area contributed by atoms with Crippen molar-refractivity contribution in [1.29, 1.82) is 0 Å². The first-order chi connectivity index (χ1) is 6.31. The van der Waals surface area contributed by atoms with E-state index in [1.54, 1.807) is 0 Å². The van der Waals surface area contributed by atoms with Gasteiger partial charge in [0, 0.05) is 5.02 Å². The van der Waals surface area contributed by atoms with Crippen LogP contribution in [-0.4, -0.2) is 0 Å². The second kappa shape index (κ2) is 3.36. The Morgan fingerprint density at radius 2 is 2.00 bits per heavy atom. The molecule has 0 aliphatic carbocycles. The van der Waals surface area contributed by atoms with E-state index in [0.717, 1.165) is 16.3 Å². The van der Waals surface area contributed by atoms with E-state index in [-0.39, 0.29) is 6.61 Å². The van der Waals surface area contributed by atoms with Crippen molar-refractivity contribution in [1.82, 2.24) is 0 Å². The zero-order valence-electron chi connectivity index (χ0n) is 6.96. The minimum atomic E-state index is -0.182. The average molecular weight is 192 g/mol. The van der Waals surface area contributed by atoms with Crippen molar-refractivity contribution in [2.75, 3.05) is 0 Å². The van der Waals surface area contributed by atoms with Crippen molar-refractivity contribution in [3.63, 3.8) is 0 Å². The summed E-state index contributed by atoms with van der Waals surface area (Å²) in [5.41, 5.74) is 0.828. The Hall–Kier alpha value is -1.05. The lowest BCUT2D eigenvalue weighted by Gasteiger charge is -2.02. The first-order valence-electron chi connectivity index (χ1n) is 4.06. The van der Waals surface area contributed by atoms with Gasteiger partial charge in [0.1, 0.15) is 6.61 Å². The Morgan fingerprint density at radius 1 is 1.15 bits per heavy atom. The molecule has 2 heteroatoms. The van der Waals surface area contributed by atoms with Crippen molar-refractivity contribution in [3.8, 4) is 0 Å². The molecule has 13 heavy (non-hydrogen) atoms. The number of rotatable bonds is 1. The zero-order valence-corrected chi connectivity index (χ0v) is 7.71. The molecule has 2 aromatic carbocycles. The van der Waals surface area contributed by atoms with Crippen LogP contribution in [-0.2, 0) is 11.7 Å². The highest BCUT2D eigenvalue weighted by Crippen LogP contribution is 2.22. The van der Waals surface area contributed by atoms with Crippen molar-refractivity contribution in [2.45, 2.75) is 6.61 Å². The Bertz CT molecular complexity index is 437. The summed E-state index contributed by atoms with van der Waals surface area (Å²) in [6.45, 7) is -0.182. The molecule has 0 aliphatic rings. The van der Waals surface area contributed by atoms with E-state index in [1.807, 2.05) is 36.4 Å². The Labute approximate surface area is 81.6 Å². The Kier molecular flexibility index (Phi) is 2.21. The van der Waals surface area contributed by atoms with Crippen molar-refractivity contribution >= 4 is 22.4 Å². The van der Waals surface area contributed by atoms with Crippen LogP contribution in [0.15, 0.2) is 36.4 Å². The number of halogens is 1. The molecule has 0 N–H and O–H groups in total. The standard InChI is InChI=1S/C11H8ClO/c12-10-4-5-11-8(6-10)2-1-3-9(11)7-13/h1-6H,7H2. The maximum absolute atomic E-state index is 10.8. The van der Waals surface area contributed by atoms with Crippen molar-refractivity contribution < 1.29 is 5.11 Å².